The number of halogens is 1. The van der Waals surface area contributed by atoms with E-state index in [0.717, 1.165) is 10.0 Å². The fourth-order valence-electron chi connectivity index (χ4n) is 2.66. The fourth-order valence-corrected chi connectivity index (χ4v) is 4.36. The number of carbonyl (C=O) groups is 1. The first-order valence-corrected chi connectivity index (χ1v) is 10.8. The molecule has 0 aliphatic rings. The maximum atomic E-state index is 12.3. The third-order valence-corrected chi connectivity index (χ3v) is 5.71. The van der Waals surface area contributed by atoms with Crippen molar-refractivity contribution in [2.75, 3.05) is 11.1 Å². The van der Waals surface area contributed by atoms with E-state index in [1.807, 2.05) is 30.5 Å². The van der Waals surface area contributed by atoms with Crippen molar-refractivity contribution in [2.45, 2.75) is 12.3 Å². The van der Waals surface area contributed by atoms with E-state index in [9.17, 15) is 13.2 Å². The highest BCUT2D eigenvalue weighted by atomic mass is 79.9. The van der Waals surface area contributed by atoms with E-state index in [1.165, 1.54) is 0 Å². The fraction of sp³-hybridized carbons (Fsp3) is 0.158. The van der Waals surface area contributed by atoms with E-state index in [4.69, 9.17) is 0 Å². The summed E-state index contributed by atoms with van der Waals surface area (Å²) in [5.41, 5.74) is 2.15. The first kappa shape index (κ1) is 19.3. The van der Waals surface area contributed by atoms with Crippen LogP contribution < -0.4 is 5.32 Å². The van der Waals surface area contributed by atoms with Gasteiger partial charge >= 0.3 is 0 Å². The SMILES string of the molecule is O=C(CS(=O)(=O)Cc1cccc(Br)c1)Nc1cccc(Cn2cccn2)c1. The second-order valence-electron chi connectivity index (χ2n) is 6.11. The summed E-state index contributed by atoms with van der Waals surface area (Å²) in [7, 11) is -3.57. The van der Waals surface area contributed by atoms with Crippen LogP contribution in [-0.2, 0) is 26.9 Å². The zero-order valence-electron chi connectivity index (χ0n) is 14.4. The van der Waals surface area contributed by atoms with Crippen LogP contribution in [0.2, 0.25) is 0 Å². The number of sulfone groups is 1. The van der Waals surface area contributed by atoms with E-state index >= 15 is 0 Å². The van der Waals surface area contributed by atoms with Crippen LogP contribution in [0.25, 0.3) is 0 Å². The number of hydrogen-bond acceptors (Lipinski definition) is 4. The van der Waals surface area contributed by atoms with Gasteiger partial charge in [-0.1, -0.05) is 40.2 Å². The lowest BCUT2D eigenvalue weighted by Gasteiger charge is -2.09. The van der Waals surface area contributed by atoms with Crippen LogP contribution in [0, 0.1) is 0 Å². The average Bonchev–Trinajstić information content (AvgIpc) is 3.07. The standard InChI is InChI=1S/C19H18BrN3O3S/c20-17-6-1-5-16(10-17)13-27(25,26)14-19(24)22-18-7-2-4-15(11-18)12-23-9-3-8-21-23/h1-11H,12-14H2,(H,22,24). The number of aromatic nitrogens is 2. The molecule has 0 saturated carbocycles. The van der Waals surface area contributed by atoms with Gasteiger partial charge in [0.2, 0.25) is 5.91 Å². The highest BCUT2D eigenvalue weighted by Crippen LogP contribution is 2.15. The van der Waals surface area contributed by atoms with Crippen molar-refractivity contribution < 1.29 is 13.2 Å². The second kappa shape index (κ2) is 8.49. The quantitative estimate of drug-likeness (QED) is 0.602. The van der Waals surface area contributed by atoms with Gasteiger partial charge in [-0.3, -0.25) is 9.48 Å². The zero-order chi connectivity index (χ0) is 19.3. The molecular weight excluding hydrogens is 430 g/mol. The van der Waals surface area contributed by atoms with Gasteiger partial charge in [0.15, 0.2) is 9.84 Å². The zero-order valence-corrected chi connectivity index (χ0v) is 16.8. The number of benzene rings is 2. The number of hydrogen-bond donors (Lipinski definition) is 1. The van der Waals surface area contributed by atoms with E-state index in [-0.39, 0.29) is 5.75 Å². The molecule has 0 saturated heterocycles. The molecule has 0 atom stereocenters. The number of amides is 1. The normalized spacial score (nSPS) is 11.3. The third-order valence-electron chi connectivity index (χ3n) is 3.74. The van der Waals surface area contributed by atoms with Crippen molar-refractivity contribution in [3.05, 3.63) is 82.6 Å². The maximum Gasteiger partial charge on any atom is 0.239 e. The Hall–Kier alpha value is -2.45. The van der Waals surface area contributed by atoms with Gasteiger partial charge < -0.3 is 5.32 Å². The minimum absolute atomic E-state index is 0.181. The minimum Gasteiger partial charge on any atom is -0.325 e. The summed E-state index contributed by atoms with van der Waals surface area (Å²) in [6, 6.07) is 16.1. The molecule has 3 rings (SSSR count). The van der Waals surface area contributed by atoms with Gasteiger partial charge in [-0.2, -0.15) is 5.10 Å². The van der Waals surface area contributed by atoms with Gasteiger partial charge in [-0.05, 0) is 41.5 Å². The molecular formula is C19H18BrN3O3S. The number of rotatable bonds is 7. The van der Waals surface area contributed by atoms with Gasteiger partial charge in [-0.15, -0.1) is 0 Å². The molecule has 1 amide bonds. The van der Waals surface area contributed by atoms with E-state index < -0.39 is 21.5 Å². The van der Waals surface area contributed by atoms with Crippen LogP contribution in [0.1, 0.15) is 11.1 Å². The molecule has 0 aliphatic heterocycles. The minimum atomic E-state index is -3.57. The van der Waals surface area contributed by atoms with Crippen LogP contribution in [0.3, 0.4) is 0 Å². The molecule has 0 spiro atoms. The largest absolute Gasteiger partial charge is 0.325 e. The van der Waals surface area contributed by atoms with Crippen LogP contribution in [0.4, 0.5) is 5.69 Å². The Morgan fingerprint density at radius 1 is 1.07 bits per heavy atom. The highest BCUT2D eigenvalue weighted by molar-refractivity contribution is 9.10. The Morgan fingerprint density at radius 2 is 1.85 bits per heavy atom. The topological polar surface area (TPSA) is 81.1 Å². The van der Waals surface area contributed by atoms with Gasteiger partial charge in [0.1, 0.15) is 5.75 Å². The molecule has 3 aromatic rings. The lowest BCUT2D eigenvalue weighted by atomic mass is 10.2. The molecule has 0 unspecified atom stereocenters. The van der Waals surface area contributed by atoms with Crippen LogP contribution in [0.5, 0.6) is 0 Å². The molecule has 0 aliphatic carbocycles. The summed E-state index contributed by atoms with van der Waals surface area (Å²) in [6.45, 7) is 0.567. The molecule has 2 aromatic carbocycles. The number of carbonyl (C=O) groups excluding carboxylic acids is 1. The number of anilines is 1. The lowest BCUT2D eigenvalue weighted by molar-refractivity contribution is -0.113. The van der Waals surface area contributed by atoms with E-state index in [2.05, 4.69) is 26.3 Å². The molecule has 6 nitrogen and oxygen atoms in total. The van der Waals surface area contributed by atoms with E-state index in [1.54, 1.807) is 41.2 Å². The Kier molecular flexibility index (Phi) is 6.08. The summed E-state index contributed by atoms with van der Waals surface area (Å²) in [5, 5.41) is 6.80. The van der Waals surface area contributed by atoms with Crippen LogP contribution >= 0.6 is 15.9 Å². The Balaban J connectivity index is 1.61. The van der Waals surface area contributed by atoms with Crippen molar-refractivity contribution >= 4 is 37.4 Å². The predicted octanol–water partition coefficient (Wildman–Crippen LogP) is 3.25. The summed E-state index contributed by atoms with van der Waals surface area (Å²) >= 11 is 3.31. The van der Waals surface area contributed by atoms with Crippen molar-refractivity contribution in [3.8, 4) is 0 Å². The molecule has 8 heteroatoms. The average molecular weight is 448 g/mol. The molecule has 140 valence electrons. The van der Waals surface area contributed by atoms with Crippen molar-refractivity contribution in [1.29, 1.82) is 0 Å². The van der Waals surface area contributed by atoms with Crippen molar-refractivity contribution in [2.24, 2.45) is 0 Å². The monoisotopic (exact) mass is 447 g/mol. The van der Waals surface area contributed by atoms with Gasteiger partial charge in [-0.25, -0.2) is 8.42 Å². The van der Waals surface area contributed by atoms with E-state index in [0.29, 0.717) is 17.8 Å². The smallest absolute Gasteiger partial charge is 0.239 e. The molecule has 1 heterocycles. The summed E-state index contributed by atoms with van der Waals surface area (Å²) < 4.78 is 27.2. The van der Waals surface area contributed by atoms with Gasteiger partial charge in [0.05, 0.1) is 12.3 Å². The van der Waals surface area contributed by atoms with Crippen LogP contribution in [0.15, 0.2) is 71.5 Å². The molecule has 1 aromatic heterocycles. The predicted molar refractivity (Wildman–Crippen MR) is 108 cm³/mol. The van der Waals surface area contributed by atoms with Gasteiger partial charge in [0, 0.05) is 22.6 Å². The Labute approximate surface area is 166 Å². The maximum absolute atomic E-state index is 12.3. The molecule has 0 fully saturated rings. The third kappa shape index (κ3) is 6.04. The van der Waals surface area contributed by atoms with Crippen molar-refractivity contribution in [3.63, 3.8) is 0 Å². The van der Waals surface area contributed by atoms with Gasteiger partial charge in [0.25, 0.3) is 0 Å². The first-order valence-electron chi connectivity index (χ1n) is 8.21. The van der Waals surface area contributed by atoms with Crippen molar-refractivity contribution in [1.82, 2.24) is 9.78 Å². The van der Waals surface area contributed by atoms with Crippen LogP contribution in [-0.4, -0.2) is 29.9 Å². The lowest BCUT2D eigenvalue weighted by Crippen LogP contribution is -2.24. The summed E-state index contributed by atoms with van der Waals surface area (Å²) in [6.07, 6.45) is 3.54. The Morgan fingerprint density at radius 3 is 2.59 bits per heavy atom. The first-order chi connectivity index (χ1) is 12.9. The highest BCUT2D eigenvalue weighted by Gasteiger charge is 2.18. The Bertz CT molecular complexity index is 1030. The molecule has 0 radical (unpaired) electrons. The summed E-state index contributed by atoms with van der Waals surface area (Å²) in [4.78, 5) is 12.2. The number of nitrogens with one attached hydrogen (secondary N) is 1. The molecule has 27 heavy (non-hydrogen) atoms. The second-order valence-corrected chi connectivity index (χ2v) is 9.09. The summed E-state index contributed by atoms with van der Waals surface area (Å²) in [5.74, 6) is -1.30. The molecule has 1 N–H and O–H groups in total. The number of nitrogens with zero attached hydrogens (tertiary/aromatic N) is 2. The molecule has 0 bridgehead atoms.